The topological polar surface area (TPSA) is 102 Å². The Kier molecular flexibility index (Phi) is 4.24. The number of aromatic carboxylic acids is 1. The first-order chi connectivity index (χ1) is 9.52. The predicted octanol–water partition coefficient (Wildman–Crippen LogP) is 1.46. The molecule has 1 aromatic rings. The van der Waals surface area contributed by atoms with Gasteiger partial charge in [-0.3, -0.25) is 4.79 Å². The Balaban J connectivity index is 2.20. The van der Waals surface area contributed by atoms with E-state index in [1.54, 1.807) is 0 Å². The van der Waals surface area contributed by atoms with Crippen LogP contribution in [0.25, 0.3) is 0 Å². The summed E-state index contributed by atoms with van der Waals surface area (Å²) < 4.78 is 5.13. The lowest BCUT2D eigenvalue weighted by atomic mass is 10.0. The molecule has 2 atom stereocenters. The lowest BCUT2D eigenvalue weighted by Gasteiger charge is -2.17. The van der Waals surface area contributed by atoms with Gasteiger partial charge >= 0.3 is 5.97 Å². The number of hydrogen-bond acceptors (Lipinski definition) is 4. The molecular weight excluding hydrogens is 260 g/mol. The van der Waals surface area contributed by atoms with Crippen molar-refractivity contribution in [1.82, 2.24) is 0 Å². The molecule has 108 valence electrons. The van der Waals surface area contributed by atoms with E-state index in [9.17, 15) is 9.59 Å². The molecule has 1 aromatic carbocycles. The fourth-order valence-electron chi connectivity index (χ4n) is 2.48. The minimum Gasteiger partial charge on any atom is -0.495 e. The molecule has 0 bridgehead atoms. The third-order valence-corrected chi connectivity index (χ3v) is 3.61. The van der Waals surface area contributed by atoms with Gasteiger partial charge in [0.05, 0.1) is 24.3 Å². The van der Waals surface area contributed by atoms with Gasteiger partial charge in [-0.1, -0.05) is 6.42 Å². The van der Waals surface area contributed by atoms with Crippen molar-refractivity contribution < 1.29 is 19.4 Å². The van der Waals surface area contributed by atoms with Gasteiger partial charge in [0.2, 0.25) is 5.91 Å². The number of nitrogens with one attached hydrogen (secondary N) is 1. The minimum atomic E-state index is -1.05. The van der Waals surface area contributed by atoms with Crippen LogP contribution in [0.4, 0.5) is 5.69 Å². The van der Waals surface area contributed by atoms with E-state index in [1.165, 1.54) is 25.3 Å². The number of ether oxygens (including phenoxy) is 1. The molecule has 1 saturated carbocycles. The first kappa shape index (κ1) is 14.3. The number of nitrogens with two attached hydrogens (primary N) is 1. The van der Waals surface area contributed by atoms with Crippen molar-refractivity contribution in [3.05, 3.63) is 23.8 Å². The van der Waals surface area contributed by atoms with Crippen LogP contribution in [0.5, 0.6) is 5.75 Å². The molecule has 0 aromatic heterocycles. The van der Waals surface area contributed by atoms with E-state index in [4.69, 9.17) is 15.6 Å². The number of carbonyl (C=O) groups excluding carboxylic acids is 1. The SMILES string of the molecule is COc1ccc(C(=O)O)cc1NC(=O)C1CCCC1N. The number of rotatable bonds is 4. The number of anilines is 1. The average Bonchev–Trinajstić information content (AvgIpc) is 2.84. The highest BCUT2D eigenvalue weighted by Gasteiger charge is 2.30. The molecule has 1 fully saturated rings. The largest absolute Gasteiger partial charge is 0.495 e. The Labute approximate surface area is 116 Å². The molecule has 2 unspecified atom stereocenters. The van der Waals surface area contributed by atoms with Gasteiger partial charge in [-0.25, -0.2) is 4.79 Å². The molecule has 1 aliphatic rings. The quantitative estimate of drug-likeness (QED) is 0.774. The van der Waals surface area contributed by atoms with E-state index >= 15 is 0 Å². The van der Waals surface area contributed by atoms with Crippen LogP contribution in [0.3, 0.4) is 0 Å². The zero-order chi connectivity index (χ0) is 14.7. The number of amides is 1. The highest BCUT2D eigenvalue weighted by atomic mass is 16.5. The standard InChI is InChI=1S/C14H18N2O4/c1-20-12-6-5-8(14(18)19)7-11(12)16-13(17)9-3-2-4-10(9)15/h5-7,9-10H,2-4,15H2,1H3,(H,16,17)(H,18,19). The molecule has 1 amide bonds. The number of carbonyl (C=O) groups is 2. The smallest absolute Gasteiger partial charge is 0.335 e. The molecular formula is C14H18N2O4. The van der Waals surface area contributed by atoms with Crippen molar-refractivity contribution in [2.24, 2.45) is 11.7 Å². The minimum absolute atomic E-state index is 0.0943. The van der Waals surface area contributed by atoms with Crippen LogP contribution in [-0.4, -0.2) is 30.1 Å². The molecule has 0 heterocycles. The van der Waals surface area contributed by atoms with Crippen LogP contribution in [0.15, 0.2) is 18.2 Å². The Morgan fingerprint density at radius 3 is 2.70 bits per heavy atom. The molecule has 2 rings (SSSR count). The van der Waals surface area contributed by atoms with Crippen molar-refractivity contribution >= 4 is 17.6 Å². The third-order valence-electron chi connectivity index (χ3n) is 3.61. The number of hydrogen-bond donors (Lipinski definition) is 3. The molecule has 6 heteroatoms. The van der Waals surface area contributed by atoms with Gasteiger partial charge in [0, 0.05) is 6.04 Å². The summed E-state index contributed by atoms with van der Waals surface area (Å²) in [6.45, 7) is 0. The van der Waals surface area contributed by atoms with Crippen molar-refractivity contribution in [2.75, 3.05) is 12.4 Å². The normalized spacial score (nSPS) is 21.5. The van der Waals surface area contributed by atoms with E-state index in [0.29, 0.717) is 11.4 Å². The van der Waals surface area contributed by atoms with Gasteiger partial charge < -0.3 is 20.9 Å². The second kappa shape index (κ2) is 5.92. The van der Waals surface area contributed by atoms with Crippen LogP contribution in [0.2, 0.25) is 0 Å². The Morgan fingerprint density at radius 1 is 1.40 bits per heavy atom. The number of benzene rings is 1. The molecule has 0 saturated heterocycles. The summed E-state index contributed by atoms with van der Waals surface area (Å²) in [6.07, 6.45) is 2.53. The predicted molar refractivity (Wildman–Crippen MR) is 73.9 cm³/mol. The summed E-state index contributed by atoms with van der Waals surface area (Å²) in [7, 11) is 1.47. The van der Waals surface area contributed by atoms with Crippen LogP contribution in [0, 0.1) is 5.92 Å². The first-order valence-corrected chi connectivity index (χ1v) is 6.50. The van der Waals surface area contributed by atoms with Crippen LogP contribution in [0.1, 0.15) is 29.6 Å². The van der Waals surface area contributed by atoms with Crippen LogP contribution in [-0.2, 0) is 4.79 Å². The number of carboxylic acids is 1. The number of methoxy groups -OCH3 is 1. The monoisotopic (exact) mass is 278 g/mol. The lowest BCUT2D eigenvalue weighted by molar-refractivity contribution is -0.120. The Bertz CT molecular complexity index is 530. The maximum Gasteiger partial charge on any atom is 0.335 e. The summed E-state index contributed by atoms with van der Waals surface area (Å²) in [6, 6.07) is 4.20. The van der Waals surface area contributed by atoms with E-state index in [1.807, 2.05) is 0 Å². The van der Waals surface area contributed by atoms with Gasteiger partial charge in [0.15, 0.2) is 0 Å². The zero-order valence-electron chi connectivity index (χ0n) is 11.3. The van der Waals surface area contributed by atoms with Gasteiger partial charge in [0.1, 0.15) is 5.75 Å². The fourth-order valence-corrected chi connectivity index (χ4v) is 2.48. The van der Waals surface area contributed by atoms with Crippen molar-refractivity contribution in [1.29, 1.82) is 0 Å². The van der Waals surface area contributed by atoms with Gasteiger partial charge in [-0.2, -0.15) is 0 Å². The summed E-state index contributed by atoms with van der Waals surface area (Å²) in [5.74, 6) is -1.04. The van der Waals surface area contributed by atoms with E-state index in [-0.39, 0.29) is 23.4 Å². The third kappa shape index (κ3) is 2.91. The summed E-state index contributed by atoms with van der Waals surface area (Å²) in [5, 5.41) is 11.7. The molecule has 0 aliphatic heterocycles. The Morgan fingerprint density at radius 2 is 2.15 bits per heavy atom. The van der Waals surface area contributed by atoms with Gasteiger partial charge in [-0.05, 0) is 31.0 Å². The second-order valence-electron chi connectivity index (χ2n) is 4.91. The summed E-state index contributed by atoms with van der Waals surface area (Å²) in [5.41, 5.74) is 6.35. The summed E-state index contributed by atoms with van der Waals surface area (Å²) in [4.78, 5) is 23.2. The first-order valence-electron chi connectivity index (χ1n) is 6.50. The zero-order valence-corrected chi connectivity index (χ0v) is 11.3. The van der Waals surface area contributed by atoms with E-state index < -0.39 is 5.97 Å². The van der Waals surface area contributed by atoms with Crippen molar-refractivity contribution in [3.8, 4) is 5.75 Å². The molecule has 4 N–H and O–H groups in total. The van der Waals surface area contributed by atoms with Crippen LogP contribution < -0.4 is 15.8 Å². The van der Waals surface area contributed by atoms with E-state index in [0.717, 1.165) is 19.3 Å². The van der Waals surface area contributed by atoms with Gasteiger partial charge in [-0.15, -0.1) is 0 Å². The van der Waals surface area contributed by atoms with E-state index in [2.05, 4.69) is 5.32 Å². The molecule has 6 nitrogen and oxygen atoms in total. The molecule has 1 aliphatic carbocycles. The maximum atomic E-state index is 12.2. The average molecular weight is 278 g/mol. The fraction of sp³-hybridized carbons (Fsp3) is 0.429. The Hall–Kier alpha value is -2.08. The molecule has 20 heavy (non-hydrogen) atoms. The second-order valence-corrected chi connectivity index (χ2v) is 4.91. The highest BCUT2D eigenvalue weighted by Crippen LogP contribution is 2.29. The number of carboxylic acid groups (broad SMARTS) is 1. The highest BCUT2D eigenvalue weighted by molar-refractivity contribution is 5.97. The van der Waals surface area contributed by atoms with Gasteiger partial charge in [0.25, 0.3) is 0 Å². The van der Waals surface area contributed by atoms with Crippen molar-refractivity contribution in [2.45, 2.75) is 25.3 Å². The molecule has 0 spiro atoms. The summed E-state index contributed by atoms with van der Waals surface area (Å²) >= 11 is 0. The van der Waals surface area contributed by atoms with Crippen molar-refractivity contribution in [3.63, 3.8) is 0 Å². The lowest BCUT2D eigenvalue weighted by Crippen LogP contribution is -2.34. The van der Waals surface area contributed by atoms with Crippen LogP contribution >= 0.6 is 0 Å². The molecule has 0 radical (unpaired) electrons. The maximum absolute atomic E-state index is 12.2.